The van der Waals surface area contributed by atoms with Gasteiger partial charge >= 0.3 is 0 Å². The highest BCUT2D eigenvalue weighted by atomic mass is 32.1. The first-order chi connectivity index (χ1) is 8.22. The highest BCUT2D eigenvalue weighted by Gasteiger charge is 2.24. The molecule has 0 bridgehead atoms. The number of fused-ring (bicyclic) bond motifs is 1. The molecule has 1 aliphatic rings. The van der Waals surface area contributed by atoms with Gasteiger partial charge in [-0.25, -0.2) is 9.97 Å². The van der Waals surface area contributed by atoms with Crippen LogP contribution >= 0.6 is 11.3 Å². The van der Waals surface area contributed by atoms with E-state index in [0.29, 0.717) is 5.88 Å². The summed E-state index contributed by atoms with van der Waals surface area (Å²) in [6.45, 7) is 2.07. The maximum absolute atomic E-state index is 5.95. The van der Waals surface area contributed by atoms with Crippen LogP contribution in [0.25, 0.3) is 10.2 Å². The molecule has 0 saturated heterocycles. The molecule has 0 amide bonds. The van der Waals surface area contributed by atoms with E-state index in [9.17, 15) is 0 Å². The zero-order valence-corrected chi connectivity index (χ0v) is 10.5. The summed E-state index contributed by atoms with van der Waals surface area (Å²) in [5, 5.41) is 1.02. The van der Waals surface area contributed by atoms with Crippen LogP contribution in [-0.2, 0) is 0 Å². The summed E-state index contributed by atoms with van der Waals surface area (Å²) in [6, 6.07) is 2.37. The molecular formula is C12H15N3OS. The normalized spacial score (nSPS) is 24.4. The number of thiophene rings is 1. The molecule has 1 aliphatic carbocycles. The number of hydrogen-bond donors (Lipinski definition) is 1. The highest BCUT2D eigenvalue weighted by molar-refractivity contribution is 7.18. The fourth-order valence-corrected chi connectivity index (χ4v) is 3.12. The number of nitrogens with two attached hydrogens (primary N) is 1. The van der Waals surface area contributed by atoms with Crippen molar-refractivity contribution in [3.63, 3.8) is 0 Å². The molecule has 0 aromatic carbocycles. The Labute approximate surface area is 104 Å². The Bertz CT molecular complexity index is 540. The minimum absolute atomic E-state index is 0.211. The van der Waals surface area contributed by atoms with Crippen molar-refractivity contribution in [1.82, 2.24) is 9.97 Å². The van der Waals surface area contributed by atoms with Gasteiger partial charge < -0.3 is 10.5 Å². The van der Waals surface area contributed by atoms with E-state index < -0.39 is 0 Å². The van der Waals surface area contributed by atoms with Gasteiger partial charge in [0, 0.05) is 10.9 Å². The molecule has 4 nitrogen and oxygen atoms in total. The van der Waals surface area contributed by atoms with Crippen molar-refractivity contribution >= 4 is 21.6 Å². The summed E-state index contributed by atoms with van der Waals surface area (Å²) in [6.07, 6.45) is 4.78. The lowest BCUT2D eigenvalue weighted by Crippen LogP contribution is -2.19. The van der Waals surface area contributed by atoms with E-state index >= 15 is 0 Å². The molecule has 2 aromatic rings. The summed E-state index contributed by atoms with van der Waals surface area (Å²) in [4.78, 5) is 10.7. The van der Waals surface area contributed by atoms with Gasteiger partial charge in [-0.2, -0.15) is 0 Å². The van der Waals surface area contributed by atoms with Crippen molar-refractivity contribution < 1.29 is 4.74 Å². The smallest absolute Gasteiger partial charge is 0.225 e. The molecular weight excluding hydrogens is 234 g/mol. The van der Waals surface area contributed by atoms with E-state index in [1.807, 2.05) is 0 Å². The van der Waals surface area contributed by atoms with Gasteiger partial charge in [-0.15, -0.1) is 11.3 Å². The van der Waals surface area contributed by atoms with Crippen LogP contribution in [0.2, 0.25) is 0 Å². The van der Waals surface area contributed by atoms with Crippen molar-refractivity contribution in [2.75, 3.05) is 0 Å². The predicted molar refractivity (Wildman–Crippen MR) is 68.4 cm³/mol. The second-order valence-electron chi connectivity index (χ2n) is 4.57. The lowest BCUT2D eigenvalue weighted by molar-refractivity contribution is 0.202. The third-order valence-electron chi connectivity index (χ3n) is 3.12. The number of ether oxygens (including phenoxy) is 1. The molecule has 2 unspecified atom stereocenters. The molecule has 5 heteroatoms. The van der Waals surface area contributed by atoms with Crippen LogP contribution in [0, 0.1) is 6.92 Å². The molecule has 0 radical (unpaired) electrons. The molecule has 90 valence electrons. The SMILES string of the molecule is Cc1cc2c(OC3CCC(N)C3)ncnc2s1. The average molecular weight is 249 g/mol. The topological polar surface area (TPSA) is 61.0 Å². The Balaban J connectivity index is 1.89. The van der Waals surface area contributed by atoms with Gasteiger partial charge in [0.25, 0.3) is 0 Å². The van der Waals surface area contributed by atoms with Crippen molar-refractivity contribution in [2.45, 2.75) is 38.3 Å². The van der Waals surface area contributed by atoms with Gasteiger partial charge in [0.15, 0.2) is 0 Å². The minimum atomic E-state index is 0.211. The first-order valence-corrected chi connectivity index (χ1v) is 6.67. The van der Waals surface area contributed by atoms with E-state index in [0.717, 1.165) is 29.5 Å². The Morgan fingerprint density at radius 2 is 2.29 bits per heavy atom. The number of aryl methyl sites for hydroxylation is 1. The van der Waals surface area contributed by atoms with Gasteiger partial charge in [0.1, 0.15) is 17.3 Å². The fourth-order valence-electron chi connectivity index (χ4n) is 2.29. The van der Waals surface area contributed by atoms with Gasteiger partial charge in [-0.1, -0.05) is 0 Å². The first-order valence-electron chi connectivity index (χ1n) is 5.86. The molecule has 17 heavy (non-hydrogen) atoms. The lowest BCUT2D eigenvalue weighted by atomic mass is 10.3. The van der Waals surface area contributed by atoms with Gasteiger partial charge in [0.2, 0.25) is 5.88 Å². The van der Waals surface area contributed by atoms with E-state index in [2.05, 4.69) is 23.0 Å². The van der Waals surface area contributed by atoms with Crippen molar-refractivity contribution in [1.29, 1.82) is 0 Å². The molecule has 2 atom stereocenters. The van der Waals surface area contributed by atoms with E-state index in [4.69, 9.17) is 10.5 Å². The molecule has 3 rings (SSSR count). The maximum Gasteiger partial charge on any atom is 0.225 e. The first kappa shape index (κ1) is 10.9. The van der Waals surface area contributed by atoms with Crippen LogP contribution in [0.1, 0.15) is 24.1 Å². The number of hydrogen-bond acceptors (Lipinski definition) is 5. The predicted octanol–water partition coefficient (Wildman–Crippen LogP) is 2.26. The standard InChI is InChI=1S/C12H15N3OS/c1-7-4-10-11(14-6-15-12(10)17-7)16-9-3-2-8(13)5-9/h4,6,8-9H,2-3,5,13H2,1H3. The number of rotatable bonds is 2. The summed E-state index contributed by atoms with van der Waals surface area (Å²) in [5.74, 6) is 0.707. The number of aromatic nitrogens is 2. The van der Waals surface area contributed by atoms with E-state index in [1.165, 1.54) is 4.88 Å². The third kappa shape index (κ3) is 2.12. The van der Waals surface area contributed by atoms with Crippen LogP contribution in [0.4, 0.5) is 0 Å². The minimum Gasteiger partial charge on any atom is -0.474 e. The van der Waals surface area contributed by atoms with Crippen LogP contribution < -0.4 is 10.5 Å². The van der Waals surface area contributed by atoms with Gasteiger partial charge in [0.05, 0.1) is 5.39 Å². The zero-order valence-electron chi connectivity index (χ0n) is 9.72. The maximum atomic E-state index is 5.95. The Morgan fingerprint density at radius 1 is 1.41 bits per heavy atom. The van der Waals surface area contributed by atoms with Crippen LogP contribution in [0.15, 0.2) is 12.4 Å². The Kier molecular flexibility index (Phi) is 2.72. The van der Waals surface area contributed by atoms with E-state index in [1.54, 1.807) is 17.7 Å². The molecule has 0 aliphatic heterocycles. The molecule has 2 heterocycles. The van der Waals surface area contributed by atoms with Crippen molar-refractivity contribution in [2.24, 2.45) is 5.73 Å². The van der Waals surface area contributed by atoms with Crippen LogP contribution in [0.3, 0.4) is 0 Å². The Hall–Kier alpha value is -1.20. The van der Waals surface area contributed by atoms with Crippen LogP contribution in [0.5, 0.6) is 5.88 Å². The zero-order chi connectivity index (χ0) is 11.8. The Morgan fingerprint density at radius 3 is 3.06 bits per heavy atom. The molecule has 0 spiro atoms. The summed E-state index contributed by atoms with van der Waals surface area (Å²) in [7, 11) is 0. The highest BCUT2D eigenvalue weighted by Crippen LogP contribution is 2.31. The second-order valence-corrected chi connectivity index (χ2v) is 5.80. The summed E-state index contributed by atoms with van der Waals surface area (Å²) >= 11 is 1.67. The van der Waals surface area contributed by atoms with Gasteiger partial charge in [-0.05, 0) is 32.3 Å². The lowest BCUT2D eigenvalue weighted by Gasteiger charge is -2.12. The quantitative estimate of drug-likeness (QED) is 0.886. The largest absolute Gasteiger partial charge is 0.474 e. The molecule has 2 aromatic heterocycles. The molecule has 1 fully saturated rings. The van der Waals surface area contributed by atoms with Crippen LogP contribution in [-0.4, -0.2) is 22.1 Å². The fraction of sp³-hybridized carbons (Fsp3) is 0.500. The summed E-state index contributed by atoms with van der Waals surface area (Å²) in [5.41, 5.74) is 5.88. The average Bonchev–Trinajstić information content (AvgIpc) is 2.84. The van der Waals surface area contributed by atoms with Crippen molar-refractivity contribution in [3.05, 3.63) is 17.3 Å². The second kappa shape index (κ2) is 4.23. The third-order valence-corrected chi connectivity index (χ3v) is 4.08. The monoisotopic (exact) mass is 249 g/mol. The van der Waals surface area contributed by atoms with Crippen molar-refractivity contribution in [3.8, 4) is 5.88 Å². The summed E-state index contributed by atoms with van der Waals surface area (Å²) < 4.78 is 5.95. The van der Waals surface area contributed by atoms with Gasteiger partial charge in [-0.3, -0.25) is 0 Å². The molecule has 1 saturated carbocycles. The molecule has 2 N–H and O–H groups in total. The van der Waals surface area contributed by atoms with E-state index in [-0.39, 0.29) is 12.1 Å². The number of nitrogens with zero attached hydrogens (tertiary/aromatic N) is 2.